The number of hydrogen-bond acceptors (Lipinski definition) is 6. The first kappa shape index (κ1) is 15.5. The van der Waals surface area contributed by atoms with Crippen LogP contribution in [0.5, 0.6) is 5.75 Å². The van der Waals surface area contributed by atoms with Crippen molar-refractivity contribution in [3.63, 3.8) is 0 Å². The second kappa shape index (κ2) is 6.78. The maximum atomic E-state index is 12.5. The highest BCUT2D eigenvalue weighted by Crippen LogP contribution is 2.22. The molecule has 2 heterocycles. The maximum Gasteiger partial charge on any atom is 0.227 e. The van der Waals surface area contributed by atoms with E-state index in [9.17, 15) is 4.79 Å². The zero-order valence-corrected chi connectivity index (χ0v) is 13.2. The van der Waals surface area contributed by atoms with Gasteiger partial charge in [0.25, 0.3) is 0 Å². The molecule has 0 aliphatic carbocycles. The molecule has 23 heavy (non-hydrogen) atoms. The summed E-state index contributed by atoms with van der Waals surface area (Å²) in [5.41, 5.74) is 1.98. The number of rotatable bonds is 4. The monoisotopic (exact) mass is 317 g/mol. The molecular weight excluding hydrogens is 298 g/mol. The van der Waals surface area contributed by atoms with Gasteiger partial charge in [0.15, 0.2) is 0 Å². The number of amides is 1. The van der Waals surface area contributed by atoms with Crippen LogP contribution in [0, 0.1) is 6.92 Å². The van der Waals surface area contributed by atoms with Crippen molar-refractivity contribution in [2.24, 2.45) is 0 Å². The first-order valence-electron chi connectivity index (χ1n) is 7.46. The minimum Gasteiger partial charge on any atom is -0.496 e. The van der Waals surface area contributed by atoms with Crippen LogP contribution in [-0.4, -0.2) is 47.8 Å². The molecule has 1 aliphatic rings. The third kappa shape index (κ3) is 3.50. The quantitative estimate of drug-likeness (QED) is 0.851. The normalized spacial score (nSPS) is 18.0. The number of methoxy groups -OCH3 is 1. The number of morpholine rings is 1. The molecular formula is C16H19N3O4. The van der Waals surface area contributed by atoms with Crippen molar-refractivity contribution in [1.29, 1.82) is 0 Å². The second-order valence-electron chi connectivity index (χ2n) is 5.47. The van der Waals surface area contributed by atoms with Crippen LogP contribution in [0.4, 0.5) is 0 Å². The average molecular weight is 317 g/mol. The van der Waals surface area contributed by atoms with E-state index in [1.807, 2.05) is 25.1 Å². The number of carbonyl (C=O) groups is 1. The molecule has 2 aromatic rings. The van der Waals surface area contributed by atoms with Gasteiger partial charge in [0.05, 0.1) is 26.7 Å². The second-order valence-corrected chi connectivity index (χ2v) is 5.47. The van der Waals surface area contributed by atoms with Crippen molar-refractivity contribution >= 4 is 5.91 Å². The fourth-order valence-corrected chi connectivity index (χ4v) is 2.61. The van der Waals surface area contributed by atoms with Crippen LogP contribution in [0.15, 0.2) is 29.1 Å². The molecule has 0 spiro atoms. The summed E-state index contributed by atoms with van der Waals surface area (Å²) in [6, 6.07) is 5.82. The number of hydrogen-bond donors (Lipinski definition) is 0. The van der Waals surface area contributed by atoms with Crippen molar-refractivity contribution in [2.75, 3.05) is 26.8 Å². The van der Waals surface area contributed by atoms with Gasteiger partial charge in [0, 0.05) is 6.54 Å². The molecule has 0 saturated carbocycles. The predicted octanol–water partition coefficient (Wildman–Crippen LogP) is 1.53. The molecule has 122 valence electrons. The smallest absolute Gasteiger partial charge is 0.227 e. The van der Waals surface area contributed by atoms with Crippen LogP contribution >= 0.6 is 0 Å². The highest BCUT2D eigenvalue weighted by atomic mass is 16.5. The van der Waals surface area contributed by atoms with Gasteiger partial charge in [-0.15, -0.1) is 0 Å². The van der Waals surface area contributed by atoms with Gasteiger partial charge < -0.3 is 18.9 Å². The highest BCUT2D eigenvalue weighted by Gasteiger charge is 2.28. The van der Waals surface area contributed by atoms with Crippen LogP contribution in [0.1, 0.15) is 23.1 Å². The highest BCUT2D eigenvalue weighted by molar-refractivity contribution is 5.79. The first-order chi connectivity index (χ1) is 11.2. The van der Waals surface area contributed by atoms with Crippen LogP contribution in [0.2, 0.25) is 0 Å². The maximum absolute atomic E-state index is 12.5. The van der Waals surface area contributed by atoms with E-state index in [1.54, 1.807) is 12.0 Å². The third-order valence-corrected chi connectivity index (χ3v) is 3.91. The molecule has 3 rings (SSSR count). The number of ether oxygens (including phenoxy) is 2. The van der Waals surface area contributed by atoms with E-state index in [-0.39, 0.29) is 12.0 Å². The molecule has 1 saturated heterocycles. The Bertz CT molecular complexity index is 672. The Morgan fingerprint density at radius 3 is 3.09 bits per heavy atom. The number of nitrogens with zero attached hydrogens (tertiary/aromatic N) is 3. The summed E-state index contributed by atoms with van der Waals surface area (Å²) in [5.74, 6) is 1.31. The predicted molar refractivity (Wildman–Crippen MR) is 81.0 cm³/mol. The summed E-state index contributed by atoms with van der Waals surface area (Å²) in [7, 11) is 1.63. The summed E-state index contributed by atoms with van der Waals surface area (Å²) >= 11 is 0. The molecule has 7 nitrogen and oxygen atoms in total. The van der Waals surface area contributed by atoms with Crippen molar-refractivity contribution in [1.82, 2.24) is 15.0 Å². The lowest BCUT2D eigenvalue weighted by molar-refractivity contribution is -0.138. The number of aromatic nitrogens is 2. The summed E-state index contributed by atoms with van der Waals surface area (Å²) in [6.07, 6.45) is 1.26. The van der Waals surface area contributed by atoms with Crippen molar-refractivity contribution in [3.8, 4) is 5.75 Å². The van der Waals surface area contributed by atoms with Gasteiger partial charge in [-0.2, -0.15) is 4.98 Å². The zero-order valence-electron chi connectivity index (χ0n) is 13.2. The minimum absolute atomic E-state index is 0.0488. The molecule has 1 atom stereocenters. The molecule has 7 heteroatoms. The fourth-order valence-electron chi connectivity index (χ4n) is 2.61. The molecule has 0 unspecified atom stereocenters. The Kier molecular flexibility index (Phi) is 4.57. The van der Waals surface area contributed by atoms with Gasteiger partial charge >= 0.3 is 0 Å². The topological polar surface area (TPSA) is 77.7 Å². The molecule has 0 bridgehead atoms. The third-order valence-electron chi connectivity index (χ3n) is 3.91. The largest absolute Gasteiger partial charge is 0.496 e. The minimum atomic E-state index is -0.334. The van der Waals surface area contributed by atoms with Crippen LogP contribution in [0.3, 0.4) is 0 Å². The van der Waals surface area contributed by atoms with Gasteiger partial charge in [-0.1, -0.05) is 17.3 Å². The molecule has 0 N–H and O–H groups in total. The number of aryl methyl sites for hydroxylation is 1. The van der Waals surface area contributed by atoms with Crippen molar-refractivity contribution in [2.45, 2.75) is 19.4 Å². The van der Waals surface area contributed by atoms with E-state index in [4.69, 9.17) is 14.0 Å². The molecule has 0 radical (unpaired) electrons. The first-order valence-corrected chi connectivity index (χ1v) is 7.46. The van der Waals surface area contributed by atoms with Crippen molar-refractivity contribution < 1.29 is 18.8 Å². The standard InChI is InChI=1S/C16H19N3O4/c1-11-3-4-12(7-13(11)21-2)8-15(20)19-5-6-22-14(9-19)16-17-10-23-18-16/h3-4,7,10,14H,5-6,8-9H2,1-2H3/t14-/m1/s1. The molecule has 1 aliphatic heterocycles. The Labute approximate surface area is 134 Å². The van der Waals surface area contributed by atoms with E-state index in [0.717, 1.165) is 16.9 Å². The SMILES string of the molecule is COc1cc(CC(=O)N2CCO[C@@H](c3ncon3)C2)ccc1C. The van der Waals surface area contributed by atoms with Crippen LogP contribution < -0.4 is 4.74 Å². The summed E-state index contributed by atoms with van der Waals surface area (Å²) in [6.45, 7) is 3.43. The Hall–Kier alpha value is -2.41. The number of benzene rings is 1. The Balaban J connectivity index is 1.66. The van der Waals surface area contributed by atoms with E-state index in [0.29, 0.717) is 31.9 Å². The Morgan fingerprint density at radius 2 is 2.35 bits per heavy atom. The molecule has 1 aromatic heterocycles. The van der Waals surface area contributed by atoms with Gasteiger partial charge in [-0.3, -0.25) is 4.79 Å². The van der Waals surface area contributed by atoms with Crippen LogP contribution in [-0.2, 0) is 16.0 Å². The van der Waals surface area contributed by atoms with Gasteiger partial charge in [-0.05, 0) is 24.1 Å². The summed E-state index contributed by atoms with van der Waals surface area (Å²) < 4.78 is 15.7. The van der Waals surface area contributed by atoms with Gasteiger partial charge in [0.1, 0.15) is 11.9 Å². The lowest BCUT2D eigenvalue weighted by Gasteiger charge is -2.31. The zero-order chi connectivity index (χ0) is 16.2. The average Bonchev–Trinajstić information content (AvgIpc) is 3.11. The van der Waals surface area contributed by atoms with Gasteiger partial charge in [-0.25, -0.2) is 0 Å². The van der Waals surface area contributed by atoms with Gasteiger partial charge in [0.2, 0.25) is 18.1 Å². The van der Waals surface area contributed by atoms with E-state index in [1.165, 1.54) is 6.39 Å². The van der Waals surface area contributed by atoms with E-state index in [2.05, 4.69) is 10.1 Å². The van der Waals surface area contributed by atoms with Crippen LogP contribution in [0.25, 0.3) is 0 Å². The van der Waals surface area contributed by atoms with E-state index >= 15 is 0 Å². The summed E-state index contributed by atoms with van der Waals surface area (Å²) in [5, 5.41) is 3.78. The van der Waals surface area contributed by atoms with E-state index < -0.39 is 0 Å². The fraction of sp³-hybridized carbons (Fsp3) is 0.438. The lowest BCUT2D eigenvalue weighted by atomic mass is 10.1. The lowest BCUT2D eigenvalue weighted by Crippen LogP contribution is -2.43. The molecule has 1 aromatic carbocycles. The molecule has 1 fully saturated rings. The molecule has 1 amide bonds. The van der Waals surface area contributed by atoms with Crippen molar-refractivity contribution in [3.05, 3.63) is 41.5 Å². The number of carbonyl (C=O) groups excluding carboxylic acids is 1. The summed E-state index contributed by atoms with van der Waals surface area (Å²) in [4.78, 5) is 18.3. The Morgan fingerprint density at radius 1 is 1.48 bits per heavy atom.